The molecule has 0 aliphatic carbocycles. The second kappa shape index (κ2) is 7.74. The number of likely N-dealkylation sites (N-methyl/N-ethyl adjacent to an activating group) is 1. The number of hydrogen-bond donors (Lipinski definition) is 1. The maximum Gasteiger partial charge on any atom is 0.243 e. The fraction of sp³-hybridized carbons (Fsp3) is 0.235. The summed E-state index contributed by atoms with van der Waals surface area (Å²) in [5.74, 6) is -0.515. The van der Waals surface area contributed by atoms with Gasteiger partial charge in [-0.2, -0.15) is 4.31 Å². The predicted molar refractivity (Wildman–Crippen MR) is 101 cm³/mol. The normalized spacial score (nSPS) is 11.6. The molecule has 0 atom stereocenters. The van der Waals surface area contributed by atoms with Crippen LogP contribution in [-0.2, 0) is 14.8 Å². The highest BCUT2D eigenvalue weighted by molar-refractivity contribution is 7.89. The van der Waals surface area contributed by atoms with Crippen molar-refractivity contribution in [3.05, 3.63) is 57.6 Å². The highest BCUT2D eigenvalue weighted by atomic mass is 35.5. The molecule has 0 saturated heterocycles. The van der Waals surface area contributed by atoms with Gasteiger partial charge in [-0.1, -0.05) is 29.3 Å². The van der Waals surface area contributed by atoms with Gasteiger partial charge in [0.1, 0.15) is 0 Å². The lowest BCUT2D eigenvalue weighted by Crippen LogP contribution is -2.35. The van der Waals surface area contributed by atoms with Crippen LogP contribution in [0, 0.1) is 13.8 Å². The van der Waals surface area contributed by atoms with Crippen molar-refractivity contribution >= 4 is 44.8 Å². The van der Waals surface area contributed by atoms with Crippen molar-refractivity contribution in [3.8, 4) is 0 Å². The Kier molecular flexibility index (Phi) is 6.11. The largest absolute Gasteiger partial charge is 0.324 e. The van der Waals surface area contributed by atoms with Crippen molar-refractivity contribution in [2.45, 2.75) is 18.7 Å². The second-order valence-corrected chi connectivity index (χ2v) is 8.57. The standard InChI is InChI=1S/C17H18Cl2N2O3S/c1-11-4-6-14(8-12(11)2)25(23,24)21(3)10-17(22)20-16-9-13(18)5-7-15(16)19/h4-9H,10H2,1-3H3,(H,20,22). The van der Waals surface area contributed by atoms with E-state index in [9.17, 15) is 13.2 Å². The summed E-state index contributed by atoms with van der Waals surface area (Å²) < 4.78 is 26.2. The van der Waals surface area contributed by atoms with E-state index in [0.717, 1.165) is 15.4 Å². The number of nitrogens with zero attached hydrogens (tertiary/aromatic N) is 1. The summed E-state index contributed by atoms with van der Waals surface area (Å²) in [4.78, 5) is 12.3. The number of halogens is 2. The van der Waals surface area contributed by atoms with E-state index in [-0.39, 0.29) is 11.4 Å². The zero-order valence-electron chi connectivity index (χ0n) is 14.0. The fourth-order valence-electron chi connectivity index (χ4n) is 2.12. The minimum Gasteiger partial charge on any atom is -0.324 e. The molecular formula is C17H18Cl2N2O3S. The van der Waals surface area contributed by atoms with Gasteiger partial charge < -0.3 is 5.32 Å². The Labute approximate surface area is 157 Å². The number of benzene rings is 2. The predicted octanol–water partition coefficient (Wildman–Crippen LogP) is 3.87. The van der Waals surface area contributed by atoms with Gasteiger partial charge in [0.15, 0.2) is 0 Å². The van der Waals surface area contributed by atoms with Gasteiger partial charge in [0.05, 0.1) is 22.2 Å². The maximum atomic E-state index is 12.6. The number of rotatable bonds is 5. The number of nitrogens with one attached hydrogen (secondary N) is 1. The highest BCUT2D eigenvalue weighted by Gasteiger charge is 2.23. The molecule has 5 nitrogen and oxygen atoms in total. The van der Waals surface area contributed by atoms with Crippen LogP contribution in [0.5, 0.6) is 0 Å². The molecule has 2 rings (SSSR count). The first kappa shape index (κ1) is 19.7. The summed E-state index contributed by atoms with van der Waals surface area (Å²) in [5, 5.41) is 3.29. The first-order valence-electron chi connectivity index (χ1n) is 7.40. The summed E-state index contributed by atoms with van der Waals surface area (Å²) in [5.41, 5.74) is 2.19. The van der Waals surface area contributed by atoms with Crippen LogP contribution in [0.25, 0.3) is 0 Å². The molecule has 0 spiro atoms. The van der Waals surface area contributed by atoms with Gasteiger partial charge in [0.25, 0.3) is 0 Å². The molecule has 1 amide bonds. The lowest BCUT2D eigenvalue weighted by molar-refractivity contribution is -0.116. The average Bonchev–Trinajstić information content (AvgIpc) is 2.53. The van der Waals surface area contributed by atoms with Crippen LogP contribution in [0.1, 0.15) is 11.1 Å². The van der Waals surface area contributed by atoms with Crippen LogP contribution in [-0.4, -0.2) is 32.2 Å². The maximum absolute atomic E-state index is 12.6. The van der Waals surface area contributed by atoms with E-state index >= 15 is 0 Å². The lowest BCUT2D eigenvalue weighted by atomic mass is 10.1. The monoisotopic (exact) mass is 400 g/mol. The van der Waals surface area contributed by atoms with Crippen LogP contribution >= 0.6 is 23.2 Å². The summed E-state index contributed by atoms with van der Waals surface area (Å²) >= 11 is 11.9. The van der Waals surface area contributed by atoms with Crippen LogP contribution in [0.4, 0.5) is 5.69 Å². The minimum atomic E-state index is -3.77. The van der Waals surface area contributed by atoms with Gasteiger partial charge in [0, 0.05) is 12.1 Å². The molecule has 134 valence electrons. The molecule has 0 heterocycles. The van der Waals surface area contributed by atoms with Crippen molar-refractivity contribution in [2.24, 2.45) is 0 Å². The molecule has 0 unspecified atom stereocenters. The number of aryl methyl sites for hydroxylation is 2. The third-order valence-electron chi connectivity index (χ3n) is 3.76. The van der Waals surface area contributed by atoms with E-state index in [1.165, 1.54) is 19.2 Å². The summed E-state index contributed by atoms with van der Waals surface area (Å²) in [6.45, 7) is 3.39. The summed E-state index contributed by atoms with van der Waals surface area (Å²) in [6, 6.07) is 9.50. The Morgan fingerprint density at radius 3 is 2.40 bits per heavy atom. The van der Waals surface area contributed by atoms with E-state index in [2.05, 4.69) is 5.32 Å². The van der Waals surface area contributed by atoms with E-state index in [0.29, 0.717) is 15.7 Å². The first-order chi connectivity index (χ1) is 11.6. The van der Waals surface area contributed by atoms with Gasteiger partial charge >= 0.3 is 0 Å². The smallest absolute Gasteiger partial charge is 0.243 e. The van der Waals surface area contributed by atoms with Crippen LogP contribution in [0.3, 0.4) is 0 Å². The van der Waals surface area contributed by atoms with Crippen LogP contribution < -0.4 is 5.32 Å². The van der Waals surface area contributed by atoms with Crippen molar-refractivity contribution in [1.82, 2.24) is 4.31 Å². The number of carbonyl (C=O) groups is 1. The Morgan fingerprint density at radius 1 is 1.08 bits per heavy atom. The molecule has 8 heteroatoms. The molecule has 0 aliphatic heterocycles. The Balaban J connectivity index is 2.14. The van der Waals surface area contributed by atoms with Crippen molar-refractivity contribution in [3.63, 3.8) is 0 Å². The highest BCUT2D eigenvalue weighted by Crippen LogP contribution is 2.25. The van der Waals surface area contributed by atoms with Crippen molar-refractivity contribution in [2.75, 3.05) is 18.9 Å². The molecule has 0 saturated carbocycles. The van der Waals surface area contributed by atoms with E-state index in [1.807, 2.05) is 13.8 Å². The Bertz CT molecular complexity index is 914. The first-order valence-corrected chi connectivity index (χ1v) is 9.59. The molecule has 0 fully saturated rings. The third kappa shape index (κ3) is 4.73. The number of carbonyl (C=O) groups excluding carboxylic acids is 1. The lowest BCUT2D eigenvalue weighted by Gasteiger charge is -2.18. The number of anilines is 1. The van der Waals surface area contributed by atoms with Gasteiger partial charge in [-0.05, 0) is 55.3 Å². The van der Waals surface area contributed by atoms with E-state index < -0.39 is 15.9 Å². The number of amides is 1. The van der Waals surface area contributed by atoms with Gasteiger partial charge in [-0.25, -0.2) is 8.42 Å². The van der Waals surface area contributed by atoms with Crippen LogP contribution in [0.15, 0.2) is 41.3 Å². The van der Waals surface area contributed by atoms with Crippen molar-refractivity contribution in [1.29, 1.82) is 0 Å². The van der Waals surface area contributed by atoms with Crippen molar-refractivity contribution < 1.29 is 13.2 Å². The Hall–Kier alpha value is -1.60. The molecule has 25 heavy (non-hydrogen) atoms. The van der Waals surface area contributed by atoms with Crippen LogP contribution in [0.2, 0.25) is 10.0 Å². The molecule has 0 bridgehead atoms. The van der Waals surface area contributed by atoms with E-state index in [4.69, 9.17) is 23.2 Å². The summed E-state index contributed by atoms with van der Waals surface area (Å²) in [7, 11) is -2.42. The molecule has 2 aromatic carbocycles. The minimum absolute atomic E-state index is 0.145. The topological polar surface area (TPSA) is 66.5 Å². The fourth-order valence-corrected chi connectivity index (χ4v) is 3.67. The third-order valence-corrected chi connectivity index (χ3v) is 6.12. The Morgan fingerprint density at radius 2 is 1.76 bits per heavy atom. The zero-order chi connectivity index (χ0) is 18.8. The molecule has 1 N–H and O–H groups in total. The quantitative estimate of drug-likeness (QED) is 0.827. The van der Waals surface area contributed by atoms with E-state index in [1.54, 1.807) is 24.3 Å². The molecule has 2 aromatic rings. The number of sulfonamides is 1. The molecule has 0 radical (unpaired) electrons. The average molecular weight is 401 g/mol. The van der Waals surface area contributed by atoms with Gasteiger partial charge in [-0.15, -0.1) is 0 Å². The van der Waals surface area contributed by atoms with Gasteiger partial charge in [0.2, 0.25) is 15.9 Å². The molecule has 0 aromatic heterocycles. The molecule has 0 aliphatic rings. The zero-order valence-corrected chi connectivity index (χ0v) is 16.3. The van der Waals surface area contributed by atoms with Gasteiger partial charge in [-0.3, -0.25) is 4.79 Å². The SMILES string of the molecule is Cc1ccc(S(=O)(=O)N(C)CC(=O)Nc2cc(Cl)ccc2Cl)cc1C. The molecular weight excluding hydrogens is 383 g/mol. The number of hydrogen-bond acceptors (Lipinski definition) is 3. The second-order valence-electron chi connectivity index (χ2n) is 5.68. The summed E-state index contributed by atoms with van der Waals surface area (Å²) in [6.07, 6.45) is 0.